The fourth-order valence-corrected chi connectivity index (χ4v) is 12.8. The maximum absolute atomic E-state index is 13.2. The fourth-order valence-electron chi connectivity index (χ4n) is 12.8. The van der Waals surface area contributed by atoms with Crippen LogP contribution in [0.2, 0.25) is 0 Å². The molecule has 9 heteroatoms. The third-order valence-electron chi connectivity index (χ3n) is 15.4. The number of nitrogens with zero attached hydrogens (tertiary/aromatic N) is 1. The highest BCUT2D eigenvalue weighted by Crippen LogP contribution is 2.76. The van der Waals surface area contributed by atoms with Crippen LogP contribution in [0.4, 0.5) is 0 Å². The Kier molecular flexibility index (Phi) is 9.18. The molecule has 1 N–H and O–H groups in total. The number of carbonyl (C=O) groups excluding carboxylic acids is 3. The number of hydrogen-bond acceptors (Lipinski definition) is 8. The number of amides is 1. The number of ether oxygens (including phenoxy) is 4. The molecule has 0 radical (unpaired) electrons. The first-order chi connectivity index (χ1) is 22.3. The lowest BCUT2D eigenvalue weighted by atomic mass is 9.35. The Morgan fingerprint density at radius 1 is 0.854 bits per heavy atom. The lowest BCUT2D eigenvalue weighted by molar-refractivity contribution is -0.254. The van der Waals surface area contributed by atoms with Crippen molar-refractivity contribution < 1.29 is 38.4 Å². The van der Waals surface area contributed by atoms with Crippen molar-refractivity contribution in [2.45, 2.75) is 156 Å². The van der Waals surface area contributed by atoms with Crippen molar-refractivity contribution >= 4 is 17.8 Å². The number of fused-ring (bicyclic) bond motifs is 5. The van der Waals surface area contributed by atoms with E-state index in [0.29, 0.717) is 38.1 Å². The van der Waals surface area contributed by atoms with Crippen LogP contribution in [0.15, 0.2) is 0 Å². The highest BCUT2D eigenvalue weighted by atomic mass is 16.6. The summed E-state index contributed by atoms with van der Waals surface area (Å²) in [4.78, 5) is 40.4. The van der Waals surface area contributed by atoms with E-state index in [9.17, 15) is 19.5 Å². The van der Waals surface area contributed by atoms with E-state index in [0.717, 1.165) is 57.8 Å². The van der Waals surface area contributed by atoms with E-state index in [2.05, 4.69) is 41.5 Å². The normalized spacial score (nSPS) is 45.5. The summed E-state index contributed by atoms with van der Waals surface area (Å²) in [6, 6.07) is 0. The molecule has 4 aliphatic carbocycles. The largest absolute Gasteiger partial charge is 0.462 e. The fraction of sp³-hybridized carbons (Fsp3) is 0.923. The second-order valence-electron chi connectivity index (χ2n) is 18.7. The summed E-state index contributed by atoms with van der Waals surface area (Å²) in [6.45, 7) is 21.5. The van der Waals surface area contributed by atoms with Gasteiger partial charge in [0.15, 0.2) is 0 Å². The predicted molar refractivity (Wildman–Crippen MR) is 181 cm³/mol. The topological polar surface area (TPSA) is 112 Å². The number of morpholine rings is 1. The van der Waals surface area contributed by atoms with Crippen LogP contribution >= 0.6 is 0 Å². The monoisotopic (exact) mass is 673 g/mol. The Balaban J connectivity index is 1.24. The van der Waals surface area contributed by atoms with Crippen LogP contribution in [0.5, 0.6) is 0 Å². The van der Waals surface area contributed by atoms with Crippen molar-refractivity contribution in [2.24, 2.45) is 45.3 Å². The van der Waals surface area contributed by atoms with Gasteiger partial charge in [0.1, 0.15) is 18.6 Å². The smallest absolute Gasteiger partial charge is 0.315 e. The Bertz CT molecular complexity index is 1270. The van der Waals surface area contributed by atoms with E-state index in [1.165, 1.54) is 0 Å². The van der Waals surface area contributed by atoms with Crippen LogP contribution in [-0.2, 0) is 33.3 Å². The van der Waals surface area contributed by atoms with Gasteiger partial charge in [0.05, 0.1) is 30.5 Å². The lowest BCUT2D eigenvalue weighted by Gasteiger charge is -2.70. The molecule has 6 rings (SSSR count). The minimum absolute atomic E-state index is 0.0206. The SMILES string of the molecule is CC(=O)O[C@@H]1C[C@@H]2[C@@]3(C)CC[C@@H](OC(=O)CC(=O)N4CCOCC4)C(C)(C)[C@@H]3CC[C@@]2(C)[C@]2(C)CC[C@H]([C@]3(C)CC[C@H](C(C)(C)O)O3)[C@@H]12. The van der Waals surface area contributed by atoms with Gasteiger partial charge in [0.2, 0.25) is 5.91 Å². The van der Waals surface area contributed by atoms with Crippen LogP contribution in [0.3, 0.4) is 0 Å². The molecule has 272 valence electrons. The molecule has 6 aliphatic rings. The molecule has 0 aromatic heterocycles. The minimum Gasteiger partial charge on any atom is -0.462 e. The molecule has 1 amide bonds. The maximum Gasteiger partial charge on any atom is 0.315 e. The van der Waals surface area contributed by atoms with Crippen molar-refractivity contribution in [3.05, 3.63) is 0 Å². The molecule has 0 aromatic carbocycles. The molecule has 0 bridgehead atoms. The Morgan fingerprint density at radius 3 is 2.15 bits per heavy atom. The highest BCUT2D eigenvalue weighted by molar-refractivity contribution is 5.94. The zero-order chi connectivity index (χ0) is 35.1. The van der Waals surface area contributed by atoms with Crippen molar-refractivity contribution in [1.82, 2.24) is 4.90 Å². The molecule has 0 unspecified atom stereocenters. The third-order valence-corrected chi connectivity index (χ3v) is 15.4. The number of esters is 2. The van der Waals surface area contributed by atoms with Gasteiger partial charge >= 0.3 is 11.9 Å². The van der Waals surface area contributed by atoms with Gasteiger partial charge in [-0.05, 0) is 113 Å². The van der Waals surface area contributed by atoms with Crippen LogP contribution < -0.4 is 0 Å². The molecule has 2 saturated heterocycles. The van der Waals surface area contributed by atoms with Crippen LogP contribution in [0, 0.1) is 45.3 Å². The molecule has 4 saturated carbocycles. The van der Waals surface area contributed by atoms with Crippen molar-refractivity contribution in [2.75, 3.05) is 26.3 Å². The summed E-state index contributed by atoms with van der Waals surface area (Å²) >= 11 is 0. The first-order valence-electron chi connectivity index (χ1n) is 18.9. The number of aliphatic hydroxyl groups is 1. The summed E-state index contributed by atoms with van der Waals surface area (Å²) in [6.07, 6.45) is 7.62. The van der Waals surface area contributed by atoms with Crippen molar-refractivity contribution in [3.8, 4) is 0 Å². The van der Waals surface area contributed by atoms with E-state index in [1.54, 1.807) is 11.8 Å². The van der Waals surface area contributed by atoms with Gasteiger partial charge < -0.3 is 29.0 Å². The standard InChI is InChI=1S/C39H63NO8/c1-24(41)46-26-22-28-36(6)14-12-29(47-32(43)23-31(42)40-18-20-45-21-19-40)34(2,3)27(36)11-16-37(28,7)38(8)15-10-25(33(26)38)39(9)17-13-30(48-39)35(4,5)44/h25-30,33,44H,10-23H2,1-9H3/t25-,26+,27-,28+,29+,30+,33-,36-,37+,38+,39-/m0/s1. The quantitative estimate of drug-likeness (QED) is 0.267. The van der Waals surface area contributed by atoms with Crippen molar-refractivity contribution in [1.29, 1.82) is 0 Å². The van der Waals surface area contributed by atoms with E-state index >= 15 is 0 Å². The van der Waals surface area contributed by atoms with Gasteiger partial charge in [0, 0.05) is 31.3 Å². The molecule has 2 heterocycles. The second kappa shape index (κ2) is 12.2. The van der Waals surface area contributed by atoms with Crippen LogP contribution in [0.1, 0.15) is 127 Å². The van der Waals surface area contributed by atoms with Gasteiger partial charge in [-0.1, -0.05) is 34.6 Å². The Labute approximate surface area is 288 Å². The molecule has 0 aromatic rings. The van der Waals surface area contributed by atoms with Crippen molar-refractivity contribution in [3.63, 3.8) is 0 Å². The van der Waals surface area contributed by atoms with E-state index < -0.39 is 11.6 Å². The second-order valence-corrected chi connectivity index (χ2v) is 18.7. The first kappa shape index (κ1) is 36.1. The van der Waals surface area contributed by atoms with E-state index in [-0.39, 0.29) is 75.7 Å². The molecule has 0 spiro atoms. The average Bonchev–Trinajstić information content (AvgIpc) is 3.59. The zero-order valence-electron chi connectivity index (χ0n) is 31.2. The van der Waals surface area contributed by atoms with Gasteiger partial charge in [-0.15, -0.1) is 0 Å². The summed E-state index contributed by atoms with van der Waals surface area (Å²) in [5.74, 6) is 0.263. The number of carbonyl (C=O) groups is 3. The summed E-state index contributed by atoms with van der Waals surface area (Å²) in [5, 5.41) is 10.8. The van der Waals surface area contributed by atoms with Crippen LogP contribution in [-0.4, -0.2) is 83.7 Å². The molecule has 11 atom stereocenters. The van der Waals surface area contributed by atoms with Gasteiger partial charge in [-0.2, -0.15) is 0 Å². The maximum atomic E-state index is 13.2. The molecular weight excluding hydrogens is 610 g/mol. The molecule has 2 aliphatic heterocycles. The highest BCUT2D eigenvalue weighted by Gasteiger charge is 2.72. The summed E-state index contributed by atoms with van der Waals surface area (Å²) < 4.78 is 24.7. The van der Waals surface area contributed by atoms with Crippen LogP contribution in [0.25, 0.3) is 0 Å². The minimum atomic E-state index is -0.899. The van der Waals surface area contributed by atoms with Gasteiger partial charge in [0.25, 0.3) is 0 Å². The molecule has 9 nitrogen and oxygen atoms in total. The Morgan fingerprint density at radius 2 is 1.52 bits per heavy atom. The van der Waals surface area contributed by atoms with E-state index in [1.807, 2.05) is 13.8 Å². The number of hydrogen-bond donors (Lipinski definition) is 1. The van der Waals surface area contributed by atoms with E-state index in [4.69, 9.17) is 18.9 Å². The Hall–Kier alpha value is -1.71. The van der Waals surface area contributed by atoms with Gasteiger partial charge in [-0.3, -0.25) is 14.4 Å². The molecular formula is C39H63NO8. The lowest BCUT2D eigenvalue weighted by Crippen LogP contribution is -2.67. The number of rotatable bonds is 6. The predicted octanol–water partition coefficient (Wildman–Crippen LogP) is 6.08. The molecule has 48 heavy (non-hydrogen) atoms. The molecule has 6 fully saturated rings. The van der Waals surface area contributed by atoms with Gasteiger partial charge in [-0.25, -0.2) is 0 Å². The average molecular weight is 674 g/mol. The third kappa shape index (κ3) is 5.74. The summed E-state index contributed by atoms with van der Waals surface area (Å²) in [5.41, 5.74) is -1.56. The summed E-state index contributed by atoms with van der Waals surface area (Å²) in [7, 11) is 0. The zero-order valence-corrected chi connectivity index (χ0v) is 31.2. The first-order valence-corrected chi connectivity index (χ1v) is 18.9.